The van der Waals surface area contributed by atoms with Gasteiger partial charge in [-0.3, -0.25) is 0 Å². The zero-order chi connectivity index (χ0) is 13.3. The summed E-state index contributed by atoms with van der Waals surface area (Å²) in [5.74, 6) is 0.756. The lowest BCUT2D eigenvalue weighted by atomic mass is 10.0. The van der Waals surface area contributed by atoms with Gasteiger partial charge in [0.1, 0.15) is 11.9 Å². The van der Waals surface area contributed by atoms with Crippen molar-refractivity contribution in [3.63, 3.8) is 0 Å². The standard InChI is InChI=1S/C13H20N2O3/c1-8-5-6-15(10(3)14-8)13-12(17-4)9(2)11(7-16)18-13/h5-6,9,11-13,16H,3,7H2,1-2,4H3. The zero-order valence-electron chi connectivity index (χ0n) is 11.0. The minimum absolute atomic E-state index is 0.0101. The molecule has 1 N–H and O–H groups in total. The maximum atomic E-state index is 9.31. The summed E-state index contributed by atoms with van der Waals surface area (Å²) in [6.07, 6.45) is 3.18. The summed E-state index contributed by atoms with van der Waals surface area (Å²) in [4.78, 5) is 6.17. The van der Waals surface area contributed by atoms with Gasteiger partial charge < -0.3 is 19.5 Å². The fourth-order valence-electron chi connectivity index (χ4n) is 2.42. The number of hydrogen-bond acceptors (Lipinski definition) is 5. The number of aliphatic hydroxyl groups excluding tert-OH is 1. The first kappa shape index (κ1) is 13.3. The maximum absolute atomic E-state index is 9.31. The van der Waals surface area contributed by atoms with E-state index in [9.17, 15) is 5.11 Å². The van der Waals surface area contributed by atoms with Crippen molar-refractivity contribution in [2.45, 2.75) is 32.3 Å². The predicted molar refractivity (Wildman–Crippen MR) is 68.9 cm³/mol. The van der Waals surface area contributed by atoms with Gasteiger partial charge in [0.2, 0.25) is 0 Å². The SMILES string of the molecule is C=C1N=C(C)C=CN1C1OC(CO)C(C)C1OC. The van der Waals surface area contributed by atoms with Gasteiger partial charge in [-0.05, 0) is 13.0 Å². The average Bonchev–Trinajstić information content (AvgIpc) is 2.65. The van der Waals surface area contributed by atoms with E-state index in [1.165, 1.54) is 0 Å². The third kappa shape index (κ3) is 2.21. The molecule has 2 aliphatic heterocycles. The first-order valence-corrected chi connectivity index (χ1v) is 6.08. The highest BCUT2D eigenvalue weighted by Crippen LogP contribution is 2.33. The van der Waals surface area contributed by atoms with Crippen molar-refractivity contribution in [2.75, 3.05) is 13.7 Å². The second kappa shape index (κ2) is 5.22. The van der Waals surface area contributed by atoms with Gasteiger partial charge in [-0.25, -0.2) is 4.99 Å². The fourth-order valence-corrected chi connectivity index (χ4v) is 2.42. The summed E-state index contributed by atoms with van der Waals surface area (Å²) in [6, 6.07) is 0. The van der Waals surface area contributed by atoms with Crippen molar-refractivity contribution in [3.8, 4) is 0 Å². The maximum Gasteiger partial charge on any atom is 0.162 e. The van der Waals surface area contributed by atoms with Crippen molar-refractivity contribution in [1.82, 2.24) is 4.90 Å². The van der Waals surface area contributed by atoms with Gasteiger partial charge in [0.25, 0.3) is 0 Å². The molecule has 4 atom stereocenters. The van der Waals surface area contributed by atoms with Gasteiger partial charge in [-0.1, -0.05) is 13.5 Å². The molecule has 0 bridgehead atoms. The molecule has 0 aromatic carbocycles. The number of aliphatic hydroxyl groups is 1. The summed E-state index contributed by atoms with van der Waals surface area (Å²) in [7, 11) is 1.65. The minimum atomic E-state index is -0.289. The van der Waals surface area contributed by atoms with Gasteiger partial charge in [0.05, 0.1) is 12.7 Å². The Hall–Kier alpha value is -1.17. The van der Waals surface area contributed by atoms with E-state index in [-0.39, 0.29) is 31.0 Å². The van der Waals surface area contributed by atoms with E-state index in [1.54, 1.807) is 7.11 Å². The van der Waals surface area contributed by atoms with Crippen LogP contribution in [0.25, 0.3) is 0 Å². The molecule has 5 heteroatoms. The van der Waals surface area contributed by atoms with Crippen LogP contribution in [0.2, 0.25) is 0 Å². The van der Waals surface area contributed by atoms with Crippen LogP contribution in [0.5, 0.6) is 0 Å². The lowest BCUT2D eigenvalue weighted by Crippen LogP contribution is -2.40. The van der Waals surface area contributed by atoms with Crippen molar-refractivity contribution < 1.29 is 14.6 Å². The molecule has 0 saturated carbocycles. The molecule has 1 fully saturated rings. The van der Waals surface area contributed by atoms with E-state index in [0.717, 1.165) is 5.71 Å². The largest absolute Gasteiger partial charge is 0.394 e. The highest BCUT2D eigenvalue weighted by molar-refractivity contribution is 5.94. The molecule has 2 aliphatic rings. The Morgan fingerprint density at radius 1 is 1.61 bits per heavy atom. The number of hydrogen-bond donors (Lipinski definition) is 1. The molecule has 100 valence electrons. The average molecular weight is 252 g/mol. The molecule has 4 unspecified atom stereocenters. The van der Waals surface area contributed by atoms with Gasteiger partial charge in [-0.2, -0.15) is 0 Å². The molecular weight excluding hydrogens is 232 g/mol. The van der Waals surface area contributed by atoms with E-state index < -0.39 is 0 Å². The first-order chi connectivity index (χ1) is 8.58. The third-order valence-electron chi connectivity index (χ3n) is 3.51. The minimum Gasteiger partial charge on any atom is -0.394 e. The van der Waals surface area contributed by atoms with Crippen LogP contribution < -0.4 is 0 Å². The lowest BCUT2D eigenvalue weighted by Gasteiger charge is -2.32. The molecule has 0 aliphatic carbocycles. The molecule has 2 rings (SSSR count). The Kier molecular flexibility index (Phi) is 3.85. The summed E-state index contributed by atoms with van der Waals surface area (Å²) in [5, 5.41) is 9.31. The Bertz CT molecular complexity index is 392. The number of nitrogens with zero attached hydrogens (tertiary/aromatic N) is 2. The number of ether oxygens (including phenoxy) is 2. The quantitative estimate of drug-likeness (QED) is 0.817. The van der Waals surface area contributed by atoms with Crippen molar-refractivity contribution in [3.05, 3.63) is 24.7 Å². The summed E-state index contributed by atoms with van der Waals surface area (Å²) < 4.78 is 11.3. The first-order valence-electron chi connectivity index (χ1n) is 6.08. The second-order valence-corrected chi connectivity index (χ2v) is 4.70. The van der Waals surface area contributed by atoms with Crippen molar-refractivity contribution in [1.29, 1.82) is 0 Å². The molecular formula is C13H20N2O3. The highest BCUT2D eigenvalue weighted by Gasteiger charge is 2.45. The highest BCUT2D eigenvalue weighted by atomic mass is 16.6. The Morgan fingerprint density at radius 2 is 2.33 bits per heavy atom. The van der Waals surface area contributed by atoms with Crippen LogP contribution in [0, 0.1) is 5.92 Å². The Balaban J connectivity index is 2.18. The van der Waals surface area contributed by atoms with Crippen LogP contribution in [-0.4, -0.2) is 47.9 Å². The smallest absolute Gasteiger partial charge is 0.162 e. The van der Waals surface area contributed by atoms with E-state index in [4.69, 9.17) is 9.47 Å². The predicted octanol–water partition coefficient (Wildman–Crippen LogP) is 1.12. The van der Waals surface area contributed by atoms with E-state index in [2.05, 4.69) is 11.6 Å². The molecule has 0 radical (unpaired) electrons. The van der Waals surface area contributed by atoms with Crippen LogP contribution in [0.15, 0.2) is 29.7 Å². The second-order valence-electron chi connectivity index (χ2n) is 4.70. The van der Waals surface area contributed by atoms with Crippen LogP contribution in [0.1, 0.15) is 13.8 Å². The molecule has 2 heterocycles. The molecule has 18 heavy (non-hydrogen) atoms. The number of rotatable bonds is 3. The zero-order valence-corrected chi connectivity index (χ0v) is 11.0. The molecule has 0 spiro atoms. The van der Waals surface area contributed by atoms with Crippen LogP contribution >= 0.6 is 0 Å². The molecule has 0 aromatic heterocycles. The summed E-state index contributed by atoms with van der Waals surface area (Å²) >= 11 is 0. The van der Waals surface area contributed by atoms with E-state index in [0.29, 0.717) is 5.82 Å². The molecule has 0 amide bonds. The summed E-state index contributed by atoms with van der Waals surface area (Å²) in [5.41, 5.74) is 0.912. The Morgan fingerprint density at radius 3 is 2.89 bits per heavy atom. The Labute approximate surface area is 107 Å². The van der Waals surface area contributed by atoms with Gasteiger partial charge in [-0.15, -0.1) is 0 Å². The van der Waals surface area contributed by atoms with Gasteiger partial charge in [0, 0.05) is 24.9 Å². The lowest BCUT2D eigenvalue weighted by molar-refractivity contribution is -0.0769. The number of allylic oxidation sites excluding steroid dienone is 1. The van der Waals surface area contributed by atoms with Crippen LogP contribution in [0.3, 0.4) is 0 Å². The van der Waals surface area contributed by atoms with Crippen LogP contribution in [-0.2, 0) is 9.47 Å². The normalized spacial score (nSPS) is 36.1. The third-order valence-corrected chi connectivity index (χ3v) is 3.51. The van der Waals surface area contributed by atoms with E-state index >= 15 is 0 Å². The summed E-state index contributed by atoms with van der Waals surface area (Å²) in [6.45, 7) is 7.85. The molecule has 1 saturated heterocycles. The molecule has 0 aromatic rings. The van der Waals surface area contributed by atoms with Crippen molar-refractivity contribution >= 4 is 5.71 Å². The van der Waals surface area contributed by atoms with Gasteiger partial charge in [0.15, 0.2) is 6.23 Å². The fraction of sp³-hybridized carbons (Fsp3) is 0.615. The van der Waals surface area contributed by atoms with Gasteiger partial charge >= 0.3 is 0 Å². The number of aliphatic imine (C=N–C) groups is 1. The monoisotopic (exact) mass is 252 g/mol. The number of methoxy groups -OCH3 is 1. The molecule has 5 nitrogen and oxygen atoms in total. The van der Waals surface area contributed by atoms with Crippen LogP contribution in [0.4, 0.5) is 0 Å². The van der Waals surface area contributed by atoms with Crippen molar-refractivity contribution in [2.24, 2.45) is 10.9 Å². The topological polar surface area (TPSA) is 54.3 Å². The van der Waals surface area contributed by atoms with E-state index in [1.807, 2.05) is 31.0 Å².